The normalized spacial score (nSPS) is 11.4. The molecule has 0 aromatic heterocycles. The molecule has 7 heteroatoms. The van der Waals surface area contributed by atoms with Crippen molar-refractivity contribution in [3.05, 3.63) is 59.7 Å². The topological polar surface area (TPSA) is 78.5 Å². The van der Waals surface area contributed by atoms with Gasteiger partial charge in [0.05, 0.1) is 4.90 Å². The van der Waals surface area contributed by atoms with E-state index in [-0.39, 0.29) is 10.8 Å². The van der Waals surface area contributed by atoms with Gasteiger partial charge >= 0.3 is 0 Å². The second-order valence-electron chi connectivity index (χ2n) is 6.06. The number of nitrogens with one attached hydrogen (secondary N) is 2. The fraction of sp³-hybridized carbons (Fsp3) is 0.278. The predicted octanol–water partition coefficient (Wildman–Crippen LogP) is 2.09. The van der Waals surface area contributed by atoms with Gasteiger partial charge in [-0.1, -0.05) is 18.2 Å². The molecule has 134 valence electrons. The molecule has 2 N–H and O–H groups in total. The van der Waals surface area contributed by atoms with Crippen LogP contribution in [0.4, 0.5) is 5.69 Å². The van der Waals surface area contributed by atoms with E-state index in [1.165, 1.54) is 12.1 Å². The van der Waals surface area contributed by atoms with Gasteiger partial charge in [-0.25, -0.2) is 8.42 Å². The first kappa shape index (κ1) is 19.0. The predicted molar refractivity (Wildman–Crippen MR) is 99.3 cm³/mol. The number of carbonyl (C=O) groups excluding carboxylic acids is 1. The van der Waals surface area contributed by atoms with Crippen molar-refractivity contribution in [3.8, 4) is 0 Å². The largest absolute Gasteiger partial charge is 0.351 e. The van der Waals surface area contributed by atoms with Crippen LogP contribution in [0.3, 0.4) is 0 Å². The summed E-state index contributed by atoms with van der Waals surface area (Å²) in [4.78, 5) is 14.2. The van der Waals surface area contributed by atoms with Gasteiger partial charge in [0.15, 0.2) is 0 Å². The van der Waals surface area contributed by atoms with Gasteiger partial charge in [0, 0.05) is 24.3 Å². The Morgan fingerprint density at radius 1 is 1.08 bits per heavy atom. The molecule has 0 aliphatic rings. The standard InChI is InChI=1S/C18H23N3O3S/c1-14-6-4-8-16(12-14)20-25(23,24)17-9-5-7-15(13-17)18(22)19-10-11-21(2)3/h4-9,12-13,20H,10-11H2,1-3H3,(H,19,22). The maximum atomic E-state index is 12.5. The van der Waals surface area contributed by atoms with Crippen molar-refractivity contribution < 1.29 is 13.2 Å². The lowest BCUT2D eigenvalue weighted by Crippen LogP contribution is -2.31. The Morgan fingerprint density at radius 3 is 2.48 bits per heavy atom. The number of rotatable bonds is 7. The van der Waals surface area contributed by atoms with E-state index in [0.29, 0.717) is 24.3 Å². The highest BCUT2D eigenvalue weighted by Gasteiger charge is 2.16. The molecule has 1 amide bonds. The molecular weight excluding hydrogens is 338 g/mol. The number of hydrogen-bond donors (Lipinski definition) is 2. The zero-order valence-corrected chi connectivity index (χ0v) is 15.4. The maximum absolute atomic E-state index is 12.5. The van der Waals surface area contributed by atoms with Crippen LogP contribution in [0.15, 0.2) is 53.4 Å². The summed E-state index contributed by atoms with van der Waals surface area (Å²) < 4.78 is 27.6. The zero-order valence-electron chi connectivity index (χ0n) is 14.6. The van der Waals surface area contributed by atoms with Crippen LogP contribution < -0.4 is 10.0 Å². The van der Waals surface area contributed by atoms with Gasteiger partial charge < -0.3 is 10.2 Å². The number of amides is 1. The molecule has 0 aliphatic heterocycles. The smallest absolute Gasteiger partial charge is 0.261 e. The van der Waals surface area contributed by atoms with E-state index in [2.05, 4.69) is 10.0 Å². The Bertz CT molecular complexity index is 848. The quantitative estimate of drug-likeness (QED) is 0.791. The molecule has 0 heterocycles. The lowest BCUT2D eigenvalue weighted by atomic mass is 10.2. The molecule has 0 spiro atoms. The van der Waals surface area contributed by atoms with Gasteiger partial charge in [-0.3, -0.25) is 9.52 Å². The fourth-order valence-electron chi connectivity index (χ4n) is 2.22. The minimum Gasteiger partial charge on any atom is -0.351 e. The Morgan fingerprint density at radius 2 is 1.80 bits per heavy atom. The summed E-state index contributed by atoms with van der Waals surface area (Å²) in [5.41, 5.74) is 1.75. The monoisotopic (exact) mass is 361 g/mol. The Hall–Kier alpha value is -2.38. The van der Waals surface area contributed by atoms with Crippen molar-refractivity contribution in [1.29, 1.82) is 0 Å². The number of likely N-dealkylation sites (N-methyl/N-ethyl adjacent to an activating group) is 1. The summed E-state index contributed by atoms with van der Waals surface area (Å²) in [5.74, 6) is -0.297. The van der Waals surface area contributed by atoms with E-state index in [1.807, 2.05) is 32.0 Å². The molecule has 2 aromatic rings. The van der Waals surface area contributed by atoms with Crippen LogP contribution in [-0.2, 0) is 10.0 Å². The molecule has 0 aliphatic carbocycles. The van der Waals surface area contributed by atoms with Crippen molar-refractivity contribution in [1.82, 2.24) is 10.2 Å². The van der Waals surface area contributed by atoms with Crippen LogP contribution in [0.2, 0.25) is 0 Å². The van der Waals surface area contributed by atoms with Crippen LogP contribution in [0.1, 0.15) is 15.9 Å². The summed E-state index contributed by atoms with van der Waals surface area (Å²) in [6.45, 7) is 3.08. The van der Waals surface area contributed by atoms with Gasteiger partial charge in [0.1, 0.15) is 0 Å². The molecule has 0 radical (unpaired) electrons. The van der Waals surface area contributed by atoms with Crippen LogP contribution in [0.5, 0.6) is 0 Å². The van der Waals surface area contributed by atoms with Crippen molar-refractivity contribution >= 4 is 21.6 Å². The fourth-order valence-corrected chi connectivity index (χ4v) is 3.32. The van der Waals surface area contributed by atoms with E-state index in [1.54, 1.807) is 30.3 Å². The van der Waals surface area contributed by atoms with Crippen molar-refractivity contribution in [2.24, 2.45) is 0 Å². The highest BCUT2D eigenvalue weighted by molar-refractivity contribution is 7.92. The number of hydrogen-bond acceptors (Lipinski definition) is 4. The average molecular weight is 361 g/mol. The number of carbonyl (C=O) groups is 1. The third-order valence-electron chi connectivity index (χ3n) is 3.52. The lowest BCUT2D eigenvalue weighted by Gasteiger charge is -2.12. The van der Waals surface area contributed by atoms with Crippen molar-refractivity contribution in [2.75, 3.05) is 31.9 Å². The second-order valence-corrected chi connectivity index (χ2v) is 7.74. The molecule has 2 rings (SSSR count). The summed E-state index contributed by atoms with van der Waals surface area (Å²) in [7, 11) is 0.0677. The molecule has 25 heavy (non-hydrogen) atoms. The number of sulfonamides is 1. The van der Waals surface area contributed by atoms with E-state index in [4.69, 9.17) is 0 Å². The second kappa shape index (κ2) is 8.13. The van der Waals surface area contributed by atoms with Crippen LogP contribution in [0.25, 0.3) is 0 Å². The zero-order chi connectivity index (χ0) is 18.4. The minimum absolute atomic E-state index is 0.0502. The van der Waals surface area contributed by atoms with Crippen LogP contribution in [0, 0.1) is 6.92 Å². The molecule has 0 saturated carbocycles. The van der Waals surface area contributed by atoms with E-state index < -0.39 is 10.0 Å². The van der Waals surface area contributed by atoms with E-state index in [9.17, 15) is 13.2 Å². The maximum Gasteiger partial charge on any atom is 0.261 e. The molecule has 0 saturated heterocycles. The Kier molecular flexibility index (Phi) is 6.17. The van der Waals surface area contributed by atoms with Crippen LogP contribution in [-0.4, -0.2) is 46.4 Å². The van der Waals surface area contributed by atoms with E-state index in [0.717, 1.165) is 5.56 Å². The molecule has 0 atom stereocenters. The molecule has 0 bridgehead atoms. The first-order valence-electron chi connectivity index (χ1n) is 7.90. The van der Waals surface area contributed by atoms with Crippen molar-refractivity contribution in [2.45, 2.75) is 11.8 Å². The molecule has 0 fully saturated rings. The van der Waals surface area contributed by atoms with Gasteiger partial charge in [-0.15, -0.1) is 0 Å². The van der Waals surface area contributed by atoms with Gasteiger partial charge in [-0.05, 0) is 56.9 Å². The molecule has 2 aromatic carbocycles. The van der Waals surface area contributed by atoms with Crippen LogP contribution >= 0.6 is 0 Å². The summed E-state index contributed by atoms with van der Waals surface area (Å²) in [6, 6.07) is 13.1. The Labute approximate surface area is 148 Å². The van der Waals surface area contributed by atoms with E-state index >= 15 is 0 Å². The first-order valence-corrected chi connectivity index (χ1v) is 9.39. The highest BCUT2D eigenvalue weighted by atomic mass is 32.2. The van der Waals surface area contributed by atoms with Crippen molar-refractivity contribution in [3.63, 3.8) is 0 Å². The van der Waals surface area contributed by atoms with Gasteiger partial charge in [0.25, 0.3) is 15.9 Å². The summed E-state index contributed by atoms with van der Waals surface area (Å²) in [6.07, 6.45) is 0. The molecular formula is C18H23N3O3S. The summed E-state index contributed by atoms with van der Waals surface area (Å²) >= 11 is 0. The first-order chi connectivity index (χ1) is 11.8. The highest BCUT2D eigenvalue weighted by Crippen LogP contribution is 2.18. The SMILES string of the molecule is Cc1cccc(NS(=O)(=O)c2cccc(C(=O)NCCN(C)C)c2)c1. The number of anilines is 1. The Balaban J connectivity index is 2.15. The number of aryl methyl sites for hydroxylation is 1. The van der Waals surface area contributed by atoms with Gasteiger partial charge in [0.2, 0.25) is 0 Å². The minimum atomic E-state index is -3.76. The third kappa shape index (κ3) is 5.58. The molecule has 0 unspecified atom stereocenters. The average Bonchev–Trinajstić information content (AvgIpc) is 2.54. The number of nitrogens with zero attached hydrogens (tertiary/aromatic N) is 1. The number of benzene rings is 2. The lowest BCUT2D eigenvalue weighted by molar-refractivity contribution is 0.0951. The van der Waals surface area contributed by atoms with Gasteiger partial charge in [-0.2, -0.15) is 0 Å². The molecule has 6 nitrogen and oxygen atoms in total. The summed E-state index contributed by atoms with van der Waals surface area (Å²) in [5, 5.41) is 2.77. The third-order valence-corrected chi connectivity index (χ3v) is 4.90.